The fraction of sp³-hybridized carbons (Fsp3) is 0.200. The van der Waals surface area contributed by atoms with Crippen LogP contribution in [0.25, 0.3) is 5.57 Å². The van der Waals surface area contributed by atoms with E-state index in [4.69, 9.17) is 4.74 Å². The monoisotopic (exact) mass is 161 g/mol. The van der Waals surface area contributed by atoms with E-state index in [2.05, 4.69) is 18.1 Å². The summed E-state index contributed by atoms with van der Waals surface area (Å²) in [5.41, 5.74) is 4.48. The van der Waals surface area contributed by atoms with Gasteiger partial charge in [-0.25, -0.2) is 0 Å². The van der Waals surface area contributed by atoms with Gasteiger partial charge in [0, 0.05) is 17.3 Å². The van der Waals surface area contributed by atoms with Crippen molar-refractivity contribution in [1.29, 1.82) is 0 Å². The van der Waals surface area contributed by atoms with Crippen LogP contribution in [0.15, 0.2) is 25.4 Å². The fourth-order valence-electron chi connectivity index (χ4n) is 1.44. The summed E-state index contributed by atoms with van der Waals surface area (Å²) in [5, 5.41) is 0. The van der Waals surface area contributed by atoms with Gasteiger partial charge in [-0.3, -0.25) is 0 Å². The highest BCUT2D eigenvalue weighted by atomic mass is 16.5. The Morgan fingerprint density at radius 2 is 2.42 bits per heavy atom. The van der Waals surface area contributed by atoms with Gasteiger partial charge in [0.05, 0.1) is 18.9 Å². The van der Waals surface area contributed by atoms with Crippen LogP contribution in [0.5, 0.6) is 0 Å². The highest BCUT2D eigenvalue weighted by molar-refractivity contribution is 5.72. The van der Waals surface area contributed by atoms with Gasteiger partial charge in [-0.05, 0) is 5.57 Å². The number of nitrogens with one attached hydrogen (secondary N) is 1. The van der Waals surface area contributed by atoms with E-state index in [1.165, 1.54) is 11.1 Å². The zero-order chi connectivity index (χ0) is 8.55. The van der Waals surface area contributed by atoms with E-state index < -0.39 is 0 Å². The maximum atomic E-state index is 5.29. The number of ether oxygens (including phenoxy) is 1. The minimum absolute atomic E-state index is 0.695. The van der Waals surface area contributed by atoms with E-state index in [9.17, 15) is 0 Å². The summed E-state index contributed by atoms with van der Waals surface area (Å²) in [6.07, 6.45) is 3.73. The van der Waals surface area contributed by atoms with Crippen molar-refractivity contribution in [2.24, 2.45) is 0 Å². The molecule has 1 N–H and O–H groups in total. The fourth-order valence-corrected chi connectivity index (χ4v) is 1.44. The molecule has 0 spiro atoms. The molecule has 1 aromatic heterocycles. The molecular weight excluding hydrogens is 150 g/mol. The van der Waals surface area contributed by atoms with Crippen molar-refractivity contribution in [3.8, 4) is 0 Å². The summed E-state index contributed by atoms with van der Waals surface area (Å²) in [6, 6.07) is 0. The van der Waals surface area contributed by atoms with Gasteiger partial charge in [-0.1, -0.05) is 19.2 Å². The average Bonchev–Trinajstić information content (AvgIpc) is 2.62. The van der Waals surface area contributed by atoms with E-state index >= 15 is 0 Å². The highest BCUT2D eigenvalue weighted by Gasteiger charge is 2.17. The highest BCUT2D eigenvalue weighted by Crippen LogP contribution is 2.27. The maximum absolute atomic E-state index is 5.29. The molecule has 62 valence electrons. The summed E-state index contributed by atoms with van der Waals surface area (Å²) in [7, 11) is 0. The third-order valence-corrected chi connectivity index (χ3v) is 2.15. The molecule has 2 heterocycles. The van der Waals surface area contributed by atoms with Crippen LogP contribution in [0, 0.1) is 0 Å². The molecular formula is C10H11NO. The summed E-state index contributed by atoms with van der Waals surface area (Å²) in [5.74, 6) is 0. The van der Waals surface area contributed by atoms with E-state index in [0.29, 0.717) is 6.61 Å². The lowest BCUT2D eigenvalue weighted by atomic mass is 10.1. The first-order chi connectivity index (χ1) is 5.83. The van der Waals surface area contributed by atoms with Crippen molar-refractivity contribution in [3.63, 3.8) is 0 Å². The third-order valence-electron chi connectivity index (χ3n) is 2.15. The van der Waals surface area contributed by atoms with Gasteiger partial charge in [-0.15, -0.1) is 0 Å². The summed E-state index contributed by atoms with van der Waals surface area (Å²) >= 11 is 0. The second kappa shape index (κ2) is 2.64. The molecule has 0 aliphatic carbocycles. The molecule has 0 bridgehead atoms. The number of hydrogen-bond acceptors (Lipinski definition) is 1. The van der Waals surface area contributed by atoms with Crippen LogP contribution in [-0.2, 0) is 18.0 Å². The molecule has 0 atom stereocenters. The molecule has 1 aromatic rings. The molecule has 0 radical (unpaired) electrons. The summed E-state index contributed by atoms with van der Waals surface area (Å²) < 4.78 is 5.29. The zero-order valence-corrected chi connectivity index (χ0v) is 6.89. The van der Waals surface area contributed by atoms with Gasteiger partial charge in [0.25, 0.3) is 0 Å². The Morgan fingerprint density at radius 3 is 3.17 bits per heavy atom. The average molecular weight is 161 g/mol. The number of aromatic amines is 1. The second-order valence-electron chi connectivity index (χ2n) is 2.89. The van der Waals surface area contributed by atoms with Crippen molar-refractivity contribution in [2.45, 2.75) is 13.2 Å². The van der Waals surface area contributed by atoms with Crippen LogP contribution >= 0.6 is 0 Å². The van der Waals surface area contributed by atoms with Gasteiger partial charge in [0.1, 0.15) is 0 Å². The topological polar surface area (TPSA) is 25.0 Å². The standard InChI is InChI=1S/C10H11NO/c1-3-7(2)10-9-6-12-5-8(9)4-11-10/h3-4,11H,1-2,5-6H2. The Hall–Kier alpha value is -1.28. The summed E-state index contributed by atoms with van der Waals surface area (Å²) in [4.78, 5) is 3.18. The molecule has 2 rings (SSSR count). The molecule has 1 aliphatic heterocycles. The van der Waals surface area contributed by atoms with Gasteiger partial charge < -0.3 is 9.72 Å². The Kier molecular flexibility index (Phi) is 1.62. The van der Waals surface area contributed by atoms with Gasteiger partial charge in [0.15, 0.2) is 0 Å². The van der Waals surface area contributed by atoms with E-state index in [0.717, 1.165) is 17.9 Å². The van der Waals surface area contributed by atoms with E-state index in [-0.39, 0.29) is 0 Å². The SMILES string of the molecule is C=CC(=C)c1[nH]cc2c1COC2. The zero-order valence-electron chi connectivity index (χ0n) is 6.89. The van der Waals surface area contributed by atoms with Gasteiger partial charge >= 0.3 is 0 Å². The molecule has 0 amide bonds. The molecule has 0 saturated heterocycles. The minimum atomic E-state index is 0.695. The van der Waals surface area contributed by atoms with E-state index in [1.807, 2.05) is 6.20 Å². The number of hydrogen-bond donors (Lipinski definition) is 1. The molecule has 2 heteroatoms. The number of H-pyrrole nitrogens is 1. The quantitative estimate of drug-likeness (QED) is 0.661. The molecule has 0 saturated carbocycles. The smallest absolute Gasteiger partial charge is 0.0746 e. The predicted octanol–water partition coefficient (Wildman–Crippen LogP) is 2.24. The van der Waals surface area contributed by atoms with Crippen LogP contribution in [0.1, 0.15) is 16.8 Å². The Balaban J connectivity index is 2.45. The lowest BCUT2D eigenvalue weighted by molar-refractivity contribution is 0.133. The number of allylic oxidation sites excluding steroid dienone is 2. The van der Waals surface area contributed by atoms with Crippen LogP contribution in [-0.4, -0.2) is 4.98 Å². The maximum Gasteiger partial charge on any atom is 0.0746 e. The third kappa shape index (κ3) is 0.924. The number of fused-ring (bicyclic) bond motifs is 1. The largest absolute Gasteiger partial charge is 0.372 e. The van der Waals surface area contributed by atoms with Crippen molar-refractivity contribution >= 4 is 5.57 Å². The number of rotatable bonds is 2. The number of aromatic nitrogens is 1. The lowest BCUT2D eigenvalue weighted by Gasteiger charge is -1.98. The van der Waals surface area contributed by atoms with Gasteiger partial charge in [0.2, 0.25) is 0 Å². The van der Waals surface area contributed by atoms with Gasteiger partial charge in [-0.2, -0.15) is 0 Å². The normalized spacial score (nSPS) is 14.3. The first kappa shape index (κ1) is 7.37. The molecule has 1 aliphatic rings. The Bertz CT molecular complexity index is 336. The van der Waals surface area contributed by atoms with E-state index in [1.54, 1.807) is 6.08 Å². The Morgan fingerprint density at radius 1 is 1.58 bits per heavy atom. The van der Waals surface area contributed by atoms with Crippen LogP contribution in [0.3, 0.4) is 0 Å². The lowest BCUT2D eigenvalue weighted by Crippen LogP contribution is -1.86. The second-order valence-corrected chi connectivity index (χ2v) is 2.89. The molecule has 0 unspecified atom stereocenters. The van der Waals surface area contributed by atoms with Crippen LogP contribution < -0.4 is 0 Å². The van der Waals surface area contributed by atoms with Crippen molar-refractivity contribution in [1.82, 2.24) is 4.98 Å². The van der Waals surface area contributed by atoms with Crippen LogP contribution in [0.4, 0.5) is 0 Å². The van der Waals surface area contributed by atoms with Crippen molar-refractivity contribution in [3.05, 3.63) is 42.3 Å². The first-order valence-corrected chi connectivity index (χ1v) is 3.91. The van der Waals surface area contributed by atoms with Crippen molar-refractivity contribution in [2.75, 3.05) is 0 Å². The van der Waals surface area contributed by atoms with Crippen molar-refractivity contribution < 1.29 is 4.74 Å². The predicted molar refractivity (Wildman–Crippen MR) is 48.5 cm³/mol. The first-order valence-electron chi connectivity index (χ1n) is 3.91. The summed E-state index contributed by atoms with van der Waals surface area (Å²) in [6.45, 7) is 8.98. The molecule has 0 fully saturated rings. The molecule has 2 nitrogen and oxygen atoms in total. The minimum Gasteiger partial charge on any atom is -0.372 e. The molecule has 0 aromatic carbocycles. The Labute approximate surface area is 71.6 Å². The molecule has 12 heavy (non-hydrogen) atoms. The van der Waals surface area contributed by atoms with Crippen LogP contribution in [0.2, 0.25) is 0 Å².